The molecule has 0 radical (unpaired) electrons. The van der Waals surface area contributed by atoms with Crippen LogP contribution in [0.15, 0.2) is 34.5 Å². The Morgan fingerprint density at radius 3 is 2.44 bits per heavy atom. The van der Waals surface area contributed by atoms with Gasteiger partial charge in [-0.25, -0.2) is 0 Å². The van der Waals surface area contributed by atoms with E-state index in [9.17, 15) is 9.59 Å². The Kier molecular flexibility index (Phi) is 7.55. The number of carboxylic acids is 1. The molecule has 1 aliphatic rings. The van der Waals surface area contributed by atoms with Crippen molar-refractivity contribution < 1.29 is 14.7 Å². The molecule has 1 unspecified atom stereocenters. The number of amides is 1. The van der Waals surface area contributed by atoms with Crippen molar-refractivity contribution in [3.05, 3.63) is 35.4 Å². The number of benzene rings is 1. The standard InChI is InChI=1S/C19H26N4O3S/c1-12(2)23(13(3)4)11-15-7-5-14(6-8-15)10-20-22-19-21-18(26)16(27-19)9-17(24)25/h5-8,10,12-13,16H,9,11H2,1-4H3,(H,24,25)(H,21,22,26). The molecule has 0 bridgehead atoms. The van der Waals surface area contributed by atoms with Crippen LogP contribution in [0.5, 0.6) is 0 Å². The van der Waals surface area contributed by atoms with E-state index in [0.717, 1.165) is 23.9 Å². The maximum Gasteiger partial charge on any atom is 0.305 e. The van der Waals surface area contributed by atoms with Gasteiger partial charge in [-0.2, -0.15) is 5.10 Å². The minimum Gasteiger partial charge on any atom is -0.481 e. The van der Waals surface area contributed by atoms with E-state index in [-0.39, 0.29) is 12.3 Å². The van der Waals surface area contributed by atoms with Gasteiger partial charge in [0.1, 0.15) is 5.25 Å². The number of carbonyl (C=O) groups excluding carboxylic acids is 1. The maximum atomic E-state index is 11.6. The highest BCUT2D eigenvalue weighted by molar-refractivity contribution is 8.15. The fraction of sp³-hybridized carbons (Fsp3) is 0.474. The summed E-state index contributed by atoms with van der Waals surface area (Å²) < 4.78 is 0. The lowest BCUT2D eigenvalue weighted by atomic mass is 10.1. The van der Waals surface area contributed by atoms with Crippen LogP contribution in [-0.4, -0.2) is 50.6 Å². The van der Waals surface area contributed by atoms with E-state index >= 15 is 0 Å². The van der Waals surface area contributed by atoms with Gasteiger partial charge in [0, 0.05) is 18.6 Å². The summed E-state index contributed by atoms with van der Waals surface area (Å²) in [7, 11) is 0. The van der Waals surface area contributed by atoms with Gasteiger partial charge >= 0.3 is 5.97 Å². The first kappa shape index (κ1) is 21.1. The molecule has 0 saturated carbocycles. The van der Waals surface area contributed by atoms with Gasteiger partial charge in [-0.05, 0) is 38.8 Å². The molecule has 1 aromatic carbocycles. The van der Waals surface area contributed by atoms with Crippen LogP contribution < -0.4 is 5.32 Å². The second-order valence-corrected chi connectivity index (χ2v) is 8.14. The van der Waals surface area contributed by atoms with Crippen LogP contribution in [0.4, 0.5) is 0 Å². The third-order valence-corrected chi connectivity index (χ3v) is 5.24. The number of hydrogen-bond acceptors (Lipinski definition) is 6. The highest BCUT2D eigenvalue weighted by Crippen LogP contribution is 2.22. The van der Waals surface area contributed by atoms with E-state index in [1.807, 2.05) is 12.1 Å². The molecule has 1 heterocycles. The molecular weight excluding hydrogens is 364 g/mol. The number of thioether (sulfide) groups is 1. The molecule has 1 amide bonds. The fourth-order valence-electron chi connectivity index (χ4n) is 2.77. The van der Waals surface area contributed by atoms with Crippen molar-refractivity contribution in [2.24, 2.45) is 10.2 Å². The fourth-order valence-corrected chi connectivity index (χ4v) is 3.69. The van der Waals surface area contributed by atoms with E-state index in [0.29, 0.717) is 17.3 Å². The van der Waals surface area contributed by atoms with Crippen LogP contribution in [0, 0.1) is 0 Å². The highest BCUT2D eigenvalue weighted by atomic mass is 32.2. The van der Waals surface area contributed by atoms with Gasteiger partial charge in [0.25, 0.3) is 0 Å². The molecule has 0 aliphatic carbocycles. The summed E-state index contributed by atoms with van der Waals surface area (Å²) in [6.07, 6.45) is 1.38. The minimum absolute atomic E-state index is 0.232. The molecule has 1 atom stereocenters. The third-order valence-electron chi connectivity index (χ3n) is 4.16. The summed E-state index contributed by atoms with van der Waals surface area (Å²) in [5.41, 5.74) is 2.14. The third kappa shape index (κ3) is 6.48. The topological polar surface area (TPSA) is 94.4 Å². The molecule has 2 rings (SSSR count). The largest absolute Gasteiger partial charge is 0.481 e. The van der Waals surface area contributed by atoms with Gasteiger partial charge in [0.2, 0.25) is 5.91 Å². The Morgan fingerprint density at radius 2 is 1.89 bits per heavy atom. The smallest absolute Gasteiger partial charge is 0.305 e. The molecule has 146 valence electrons. The molecule has 0 aromatic heterocycles. The van der Waals surface area contributed by atoms with Crippen molar-refractivity contribution in [1.29, 1.82) is 0 Å². The predicted octanol–water partition coefficient (Wildman–Crippen LogP) is 2.70. The quantitative estimate of drug-likeness (QED) is 0.526. The molecule has 2 N–H and O–H groups in total. The lowest BCUT2D eigenvalue weighted by Crippen LogP contribution is -2.36. The van der Waals surface area contributed by atoms with E-state index in [2.05, 4.69) is 60.2 Å². The van der Waals surface area contributed by atoms with Crippen molar-refractivity contribution in [3.8, 4) is 0 Å². The first-order chi connectivity index (χ1) is 12.8. The average Bonchev–Trinajstić information content (AvgIpc) is 2.92. The van der Waals surface area contributed by atoms with Crippen LogP contribution in [0.2, 0.25) is 0 Å². The summed E-state index contributed by atoms with van der Waals surface area (Å²) in [5, 5.41) is 18.9. The number of rotatable bonds is 8. The van der Waals surface area contributed by atoms with Crippen molar-refractivity contribution in [2.75, 3.05) is 0 Å². The number of carboxylic acid groups (broad SMARTS) is 1. The Labute approximate surface area is 163 Å². The van der Waals surface area contributed by atoms with Crippen LogP contribution in [0.3, 0.4) is 0 Å². The number of hydrogen-bond donors (Lipinski definition) is 2. The Balaban J connectivity index is 1.94. The zero-order valence-electron chi connectivity index (χ0n) is 16.0. The molecule has 7 nitrogen and oxygen atoms in total. The summed E-state index contributed by atoms with van der Waals surface area (Å²) in [6, 6.07) is 9.05. The maximum absolute atomic E-state index is 11.6. The monoisotopic (exact) mass is 390 g/mol. The highest BCUT2D eigenvalue weighted by Gasteiger charge is 2.32. The summed E-state index contributed by atoms with van der Waals surface area (Å²) >= 11 is 1.09. The first-order valence-corrected chi connectivity index (χ1v) is 9.79. The molecular formula is C19H26N4O3S. The van der Waals surface area contributed by atoms with E-state index in [1.54, 1.807) is 6.21 Å². The normalized spacial score (nSPS) is 19.0. The minimum atomic E-state index is -1.01. The van der Waals surface area contributed by atoms with Gasteiger partial charge in [0.05, 0.1) is 12.6 Å². The zero-order valence-corrected chi connectivity index (χ0v) is 16.9. The predicted molar refractivity (Wildman–Crippen MR) is 109 cm³/mol. The number of nitrogens with one attached hydrogen (secondary N) is 1. The molecule has 8 heteroatoms. The number of nitrogens with zero attached hydrogens (tertiary/aromatic N) is 3. The summed E-state index contributed by atoms with van der Waals surface area (Å²) in [4.78, 5) is 24.8. The Bertz CT molecular complexity index is 721. The van der Waals surface area contributed by atoms with Crippen LogP contribution in [0.1, 0.15) is 45.2 Å². The second kappa shape index (κ2) is 9.66. The van der Waals surface area contributed by atoms with Crippen molar-refractivity contribution >= 4 is 35.0 Å². The molecule has 1 saturated heterocycles. The number of aliphatic carboxylic acids is 1. The zero-order chi connectivity index (χ0) is 20.0. The molecule has 1 fully saturated rings. The number of amidine groups is 1. The lowest BCUT2D eigenvalue weighted by molar-refractivity contribution is -0.138. The summed E-state index contributed by atoms with van der Waals surface area (Å²) in [6.45, 7) is 9.67. The van der Waals surface area contributed by atoms with Gasteiger partial charge in [-0.15, -0.1) is 5.10 Å². The van der Waals surface area contributed by atoms with E-state index in [4.69, 9.17) is 5.11 Å². The summed E-state index contributed by atoms with van der Waals surface area (Å²) in [5.74, 6) is -1.36. The van der Waals surface area contributed by atoms with Gasteiger partial charge in [0.15, 0.2) is 5.17 Å². The molecule has 1 aliphatic heterocycles. The Morgan fingerprint density at radius 1 is 1.26 bits per heavy atom. The van der Waals surface area contributed by atoms with Gasteiger partial charge < -0.3 is 10.4 Å². The van der Waals surface area contributed by atoms with Crippen LogP contribution >= 0.6 is 11.8 Å². The van der Waals surface area contributed by atoms with Crippen LogP contribution in [-0.2, 0) is 16.1 Å². The van der Waals surface area contributed by atoms with E-state index in [1.165, 1.54) is 5.56 Å². The molecule has 27 heavy (non-hydrogen) atoms. The van der Waals surface area contributed by atoms with Gasteiger partial charge in [-0.1, -0.05) is 36.0 Å². The second-order valence-electron chi connectivity index (χ2n) is 6.94. The van der Waals surface area contributed by atoms with Crippen molar-refractivity contribution in [1.82, 2.24) is 10.2 Å². The molecule has 1 aromatic rings. The number of carbonyl (C=O) groups is 2. The Hall–Kier alpha value is -2.19. The average molecular weight is 391 g/mol. The van der Waals surface area contributed by atoms with Crippen LogP contribution in [0.25, 0.3) is 0 Å². The SMILES string of the molecule is CC(C)N(Cc1ccc(C=NN=C2NC(=O)C(CC(=O)O)S2)cc1)C(C)C. The lowest BCUT2D eigenvalue weighted by Gasteiger charge is -2.30. The van der Waals surface area contributed by atoms with Crippen molar-refractivity contribution in [2.45, 2.75) is 58.0 Å². The van der Waals surface area contributed by atoms with Crippen molar-refractivity contribution in [3.63, 3.8) is 0 Å². The van der Waals surface area contributed by atoms with E-state index < -0.39 is 11.2 Å². The first-order valence-electron chi connectivity index (χ1n) is 8.91. The van der Waals surface area contributed by atoms with Gasteiger partial charge in [-0.3, -0.25) is 14.5 Å². The molecule has 0 spiro atoms.